The molecule has 1 unspecified atom stereocenters. The highest BCUT2D eigenvalue weighted by molar-refractivity contribution is 5.66. The second kappa shape index (κ2) is 6.02. The van der Waals surface area contributed by atoms with Crippen LogP contribution >= 0.6 is 0 Å². The minimum absolute atomic E-state index is 0.105. The number of hydrogen-bond donors (Lipinski definition) is 1. The summed E-state index contributed by atoms with van der Waals surface area (Å²) in [4.78, 5) is 10.2. The monoisotopic (exact) mass is 202 g/mol. The predicted octanol–water partition coefficient (Wildman–Crippen LogP) is 2.84. The van der Waals surface area contributed by atoms with E-state index in [1.807, 2.05) is 27.7 Å². The average Bonchev–Trinajstić information content (AvgIpc) is 1.94. The SMILES string of the molecule is CC(CCCCC(=O)O)OC(C)(C)C. The van der Waals surface area contributed by atoms with Gasteiger partial charge < -0.3 is 9.84 Å². The lowest BCUT2D eigenvalue weighted by Crippen LogP contribution is -2.25. The van der Waals surface area contributed by atoms with E-state index in [4.69, 9.17) is 9.84 Å². The second-order valence-corrected chi connectivity index (χ2v) is 4.68. The largest absolute Gasteiger partial charge is 0.481 e. The predicted molar refractivity (Wildman–Crippen MR) is 56.4 cm³/mol. The Morgan fingerprint density at radius 2 is 1.93 bits per heavy atom. The lowest BCUT2D eigenvalue weighted by molar-refractivity contribution is -0.137. The van der Waals surface area contributed by atoms with Gasteiger partial charge in [-0.1, -0.05) is 6.42 Å². The van der Waals surface area contributed by atoms with Crippen molar-refractivity contribution in [3.63, 3.8) is 0 Å². The van der Waals surface area contributed by atoms with Gasteiger partial charge in [0.1, 0.15) is 0 Å². The molecule has 0 rings (SSSR count). The van der Waals surface area contributed by atoms with E-state index in [1.54, 1.807) is 0 Å². The molecule has 0 saturated carbocycles. The number of carboxylic acid groups (broad SMARTS) is 1. The van der Waals surface area contributed by atoms with Gasteiger partial charge in [-0.25, -0.2) is 0 Å². The van der Waals surface area contributed by atoms with Crippen LogP contribution in [0.2, 0.25) is 0 Å². The molecule has 0 aliphatic heterocycles. The molecule has 0 saturated heterocycles. The summed E-state index contributed by atoms with van der Waals surface area (Å²) in [6.45, 7) is 8.12. The van der Waals surface area contributed by atoms with Crippen LogP contribution in [0, 0.1) is 0 Å². The van der Waals surface area contributed by atoms with E-state index in [1.165, 1.54) is 0 Å². The van der Waals surface area contributed by atoms with Crippen molar-refractivity contribution in [2.75, 3.05) is 0 Å². The molecule has 0 aliphatic rings. The molecule has 0 aliphatic carbocycles. The standard InChI is InChI=1S/C11H22O3/c1-9(14-11(2,3)4)7-5-6-8-10(12)13/h9H,5-8H2,1-4H3,(H,12,13). The summed E-state index contributed by atoms with van der Waals surface area (Å²) in [5, 5.41) is 8.43. The first-order valence-electron chi connectivity index (χ1n) is 5.21. The van der Waals surface area contributed by atoms with E-state index in [0.717, 1.165) is 19.3 Å². The van der Waals surface area contributed by atoms with Gasteiger partial charge in [0.25, 0.3) is 0 Å². The summed E-state index contributed by atoms with van der Waals surface area (Å²) in [5.74, 6) is -0.714. The van der Waals surface area contributed by atoms with Gasteiger partial charge in [-0.05, 0) is 40.5 Å². The molecule has 0 heterocycles. The first-order chi connectivity index (χ1) is 6.31. The number of hydrogen-bond acceptors (Lipinski definition) is 2. The summed E-state index contributed by atoms with van der Waals surface area (Å²) < 4.78 is 5.70. The summed E-state index contributed by atoms with van der Waals surface area (Å²) >= 11 is 0. The maximum absolute atomic E-state index is 10.2. The zero-order valence-corrected chi connectivity index (χ0v) is 9.67. The Bertz CT molecular complexity index is 170. The molecule has 0 fully saturated rings. The zero-order chi connectivity index (χ0) is 11.2. The average molecular weight is 202 g/mol. The van der Waals surface area contributed by atoms with Crippen molar-refractivity contribution in [1.82, 2.24) is 0 Å². The Labute approximate surface area is 86.5 Å². The van der Waals surface area contributed by atoms with Crippen molar-refractivity contribution in [2.24, 2.45) is 0 Å². The number of rotatable bonds is 6. The fourth-order valence-corrected chi connectivity index (χ4v) is 1.37. The lowest BCUT2D eigenvalue weighted by Gasteiger charge is -2.25. The third-order valence-corrected chi connectivity index (χ3v) is 1.81. The zero-order valence-electron chi connectivity index (χ0n) is 9.67. The number of ether oxygens (including phenoxy) is 1. The summed E-state index contributed by atoms with van der Waals surface area (Å²) in [6, 6.07) is 0. The van der Waals surface area contributed by atoms with Crippen LogP contribution in [0.5, 0.6) is 0 Å². The van der Waals surface area contributed by atoms with Crippen molar-refractivity contribution in [3.8, 4) is 0 Å². The molecule has 84 valence electrons. The molecular formula is C11H22O3. The molecule has 0 amide bonds. The molecule has 0 aromatic carbocycles. The number of carboxylic acids is 1. The van der Waals surface area contributed by atoms with Crippen LogP contribution in [-0.4, -0.2) is 22.8 Å². The van der Waals surface area contributed by atoms with Gasteiger partial charge in [-0.3, -0.25) is 4.79 Å². The fourth-order valence-electron chi connectivity index (χ4n) is 1.37. The van der Waals surface area contributed by atoms with E-state index >= 15 is 0 Å². The van der Waals surface area contributed by atoms with E-state index in [9.17, 15) is 4.79 Å². The normalized spacial score (nSPS) is 14.0. The van der Waals surface area contributed by atoms with E-state index < -0.39 is 5.97 Å². The Kier molecular flexibility index (Phi) is 5.77. The van der Waals surface area contributed by atoms with Crippen LogP contribution in [0.25, 0.3) is 0 Å². The molecule has 3 nitrogen and oxygen atoms in total. The lowest BCUT2D eigenvalue weighted by atomic mass is 10.1. The molecular weight excluding hydrogens is 180 g/mol. The molecule has 3 heteroatoms. The highest BCUT2D eigenvalue weighted by Crippen LogP contribution is 2.14. The quantitative estimate of drug-likeness (QED) is 0.674. The van der Waals surface area contributed by atoms with Gasteiger partial charge in [0.15, 0.2) is 0 Å². The topological polar surface area (TPSA) is 46.5 Å². The fraction of sp³-hybridized carbons (Fsp3) is 0.909. The van der Waals surface area contributed by atoms with Crippen molar-refractivity contribution < 1.29 is 14.6 Å². The second-order valence-electron chi connectivity index (χ2n) is 4.68. The molecule has 14 heavy (non-hydrogen) atoms. The van der Waals surface area contributed by atoms with E-state index in [0.29, 0.717) is 0 Å². The van der Waals surface area contributed by atoms with Gasteiger partial charge in [0, 0.05) is 6.42 Å². The van der Waals surface area contributed by atoms with Crippen LogP contribution in [0.15, 0.2) is 0 Å². The smallest absolute Gasteiger partial charge is 0.303 e. The van der Waals surface area contributed by atoms with Gasteiger partial charge >= 0.3 is 5.97 Å². The first-order valence-corrected chi connectivity index (χ1v) is 5.21. The first kappa shape index (κ1) is 13.4. The molecule has 0 bridgehead atoms. The van der Waals surface area contributed by atoms with Crippen LogP contribution in [0.1, 0.15) is 53.4 Å². The van der Waals surface area contributed by atoms with Crippen LogP contribution in [0.3, 0.4) is 0 Å². The van der Waals surface area contributed by atoms with Gasteiger partial charge in [0.2, 0.25) is 0 Å². The molecule has 0 spiro atoms. The molecule has 1 N–H and O–H groups in total. The Morgan fingerprint density at radius 3 is 2.36 bits per heavy atom. The van der Waals surface area contributed by atoms with E-state index in [-0.39, 0.29) is 18.1 Å². The molecule has 0 aromatic heterocycles. The van der Waals surface area contributed by atoms with Crippen molar-refractivity contribution in [1.29, 1.82) is 0 Å². The number of aliphatic carboxylic acids is 1. The highest BCUT2D eigenvalue weighted by Gasteiger charge is 2.14. The minimum atomic E-state index is -0.714. The Balaban J connectivity index is 3.45. The van der Waals surface area contributed by atoms with Gasteiger partial charge in [0.05, 0.1) is 11.7 Å². The summed E-state index contributed by atoms with van der Waals surface area (Å²) in [7, 11) is 0. The minimum Gasteiger partial charge on any atom is -0.481 e. The maximum atomic E-state index is 10.2. The van der Waals surface area contributed by atoms with Crippen LogP contribution in [0.4, 0.5) is 0 Å². The number of carbonyl (C=O) groups is 1. The molecule has 0 radical (unpaired) electrons. The Hall–Kier alpha value is -0.570. The summed E-state index contributed by atoms with van der Waals surface area (Å²) in [5.41, 5.74) is -0.105. The number of unbranched alkanes of at least 4 members (excludes halogenated alkanes) is 1. The van der Waals surface area contributed by atoms with Crippen LogP contribution in [-0.2, 0) is 9.53 Å². The third kappa shape index (κ3) is 9.52. The van der Waals surface area contributed by atoms with Gasteiger partial charge in [-0.2, -0.15) is 0 Å². The maximum Gasteiger partial charge on any atom is 0.303 e. The summed E-state index contributed by atoms with van der Waals surface area (Å²) in [6.07, 6.45) is 3.08. The molecule has 1 atom stereocenters. The van der Waals surface area contributed by atoms with Crippen LogP contribution < -0.4 is 0 Å². The van der Waals surface area contributed by atoms with Crippen molar-refractivity contribution in [2.45, 2.75) is 65.1 Å². The Morgan fingerprint density at radius 1 is 1.36 bits per heavy atom. The van der Waals surface area contributed by atoms with Crippen molar-refractivity contribution >= 4 is 5.97 Å². The third-order valence-electron chi connectivity index (χ3n) is 1.81. The van der Waals surface area contributed by atoms with Gasteiger partial charge in [-0.15, -0.1) is 0 Å². The highest BCUT2D eigenvalue weighted by atomic mass is 16.5. The molecule has 0 aromatic rings. The van der Waals surface area contributed by atoms with E-state index in [2.05, 4.69) is 0 Å². The van der Waals surface area contributed by atoms with Crippen molar-refractivity contribution in [3.05, 3.63) is 0 Å².